The Hall–Kier alpha value is -0.260. The Morgan fingerprint density at radius 3 is 1.94 bits per heavy atom. The minimum absolute atomic E-state index is 0.812. The van der Waals surface area contributed by atoms with Gasteiger partial charge in [0.1, 0.15) is 0 Å². The summed E-state index contributed by atoms with van der Waals surface area (Å²) in [5, 5.41) is 0. The molecule has 96 valence electrons. The zero-order chi connectivity index (χ0) is 12.2. The standard InChI is InChI=1S/C16H32/c1-15(2)13-11-9-7-5-6-8-10-12-14-16(3)4/h9,11,15-16H,5-8,10,12-14H2,1-4H3/b11-9-. The molecule has 0 saturated heterocycles. The predicted octanol–water partition coefficient (Wildman–Crippen LogP) is 5.98. The van der Waals surface area contributed by atoms with E-state index in [9.17, 15) is 0 Å². The van der Waals surface area contributed by atoms with Crippen molar-refractivity contribution in [3.63, 3.8) is 0 Å². The summed E-state index contributed by atoms with van der Waals surface area (Å²) >= 11 is 0. The molecule has 0 nitrogen and oxygen atoms in total. The van der Waals surface area contributed by atoms with E-state index >= 15 is 0 Å². The molecular weight excluding hydrogens is 192 g/mol. The van der Waals surface area contributed by atoms with E-state index in [2.05, 4.69) is 39.8 Å². The number of allylic oxidation sites excluding steroid dienone is 2. The second-order valence-electron chi connectivity index (χ2n) is 5.84. The van der Waals surface area contributed by atoms with Gasteiger partial charge in [-0.1, -0.05) is 72.0 Å². The molecule has 0 amide bonds. The monoisotopic (exact) mass is 224 g/mol. The molecule has 0 radical (unpaired) electrons. The quantitative estimate of drug-likeness (QED) is 0.316. The lowest BCUT2D eigenvalue weighted by Gasteiger charge is -2.03. The molecule has 16 heavy (non-hydrogen) atoms. The highest BCUT2D eigenvalue weighted by atomic mass is 14.0. The fraction of sp³-hybridized carbons (Fsp3) is 0.875. The van der Waals surface area contributed by atoms with E-state index in [1.54, 1.807) is 0 Å². The summed E-state index contributed by atoms with van der Waals surface area (Å²) in [6.45, 7) is 9.19. The predicted molar refractivity (Wildman–Crippen MR) is 75.8 cm³/mol. The zero-order valence-corrected chi connectivity index (χ0v) is 12.0. The van der Waals surface area contributed by atoms with Crippen molar-refractivity contribution < 1.29 is 0 Å². The molecule has 0 heterocycles. The van der Waals surface area contributed by atoms with Gasteiger partial charge in [-0.25, -0.2) is 0 Å². The van der Waals surface area contributed by atoms with Crippen LogP contribution in [0, 0.1) is 11.8 Å². The van der Waals surface area contributed by atoms with Crippen molar-refractivity contribution in [1.82, 2.24) is 0 Å². The van der Waals surface area contributed by atoms with Crippen LogP contribution in [0.25, 0.3) is 0 Å². The second-order valence-corrected chi connectivity index (χ2v) is 5.84. The number of rotatable bonds is 10. The highest BCUT2D eigenvalue weighted by Gasteiger charge is 1.94. The van der Waals surface area contributed by atoms with Crippen LogP contribution < -0.4 is 0 Å². The Labute approximate surface area is 104 Å². The van der Waals surface area contributed by atoms with Crippen LogP contribution in [0.5, 0.6) is 0 Å². The summed E-state index contributed by atoms with van der Waals surface area (Å²) in [4.78, 5) is 0. The Kier molecular flexibility index (Phi) is 11.0. The first kappa shape index (κ1) is 15.7. The molecule has 0 rings (SSSR count). The van der Waals surface area contributed by atoms with Gasteiger partial charge in [0.05, 0.1) is 0 Å². The summed E-state index contributed by atoms with van der Waals surface area (Å²) in [6, 6.07) is 0. The van der Waals surface area contributed by atoms with Gasteiger partial charge < -0.3 is 0 Å². The Morgan fingerprint density at radius 2 is 1.31 bits per heavy atom. The average Bonchev–Trinajstić information content (AvgIpc) is 2.20. The number of unbranched alkanes of at least 4 members (excludes halogenated alkanes) is 5. The molecule has 0 heteroatoms. The molecule has 0 bridgehead atoms. The maximum Gasteiger partial charge on any atom is -0.0327 e. The van der Waals surface area contributed by atoms with Crippen molar-refractivity contribution in [2.75, 3.05) is 0 Å². The third kappa shape index (κ3) is 13.7. The minimum atomic E-state index is 0.812. The fourth-order valence-corrected chi connectivity index (χ4v) is 1.83. The number of hydrogen-bond acceptors (Lipinski definition) is 0. The lowest BCUT2D eigenvalue weighted by molar-refractivity contribution is 0.516. The smallest absolute Gasteiger partial charge is 0.0327 e. The van der Waals surface area contributed by atoms with Crippen molar-refractivity contribution in [3.05, 3.63) is 12.2 Å². The van der Waals surface area contributed by atoms with Gasteiger partial charge in [0, 0.05) is 0 Å². The van der Waals surface area contributed by atoms with Crippen LogP contribution in [0.3, 0.4) is 0 Å². The van der Waals surface area contributed by atoms with Crippen molar-refractivity contribution >= 4 is 0 Å². The molecule has 0 fully saturated rings. The molecule has 0 aromatic heterocycles. The molecular formula is C16H32. The molecule has 0 atom stereocenters. The molecule has 0 spiro atoms. The summed E-state index contributed by atoms with van der Waals surface area (Å²) in [6.07, 6.45) is 15.8. The highest BCUT2D eigenvalue weighted by molar-refractivity contribution is 4.82. The van der Waals surface area contributed by atoms with Crippen LogP contribution >= 0.6 is 0 Å². The Balaban J connectivity index is 3.07. The van der Waals surface area contributed by atoms with E-state index in [4.69, 9.17) is 0 Å². The maximum atomic E-state index is 2.37. The van der Waals surface area contributed by atoms with Crippen LogP contribution in [0.1, 0.15) is 79.1 Å². The Bertz CT molecular complexity index is 153. The van der Waals surface area contributed by atoms with Crippen molar-refractivity contribution in [2.45, 2.75) is 79.1 Å². The van der Waals surface area contributed by atoms with E-state index in [-0.39, 0.29) is 0 Å². The van der Waals surface area contributed by atoms with Gasteiger partial charge in [-0.05, 0) is 31.1 Å². The third-order valence-electron chi connectivity index (χ3n) is 2.93. The highest BCUT2D eigenvalue weighted by Crippen LogP contribution is 2.11. The van der Waals surface area contributed by atoms with Crippen LogP contribution in [0.15, 0.2) is 12.2 Å². The molecule has 0 N–H and O–H groups in total. The first-order valence-electron chi connectivity index (χ1n) is 7.28. The molecule has 0 saturated carbocycles. The summed E-state index contributed by atoms with van der Waals surface area (Å²) in [5.41, 5.74) is 0. The molecule has 0 aliphatic carbocycles. The van der Waals surface area contributed by atoms with E-state index in [0.717, 1.165) is 11.8 Å². The summed E-state index contributed by atoms with van der Waals surface area (Å²) in [7, 11) is 0. The van der Waals surface area contributed by atoms with Gasteiger partial charge in [-0.2, -0.15) is 0 Å². The fourth-order valence-electron chi connectivity index (χ4n) is 1.83. The van der Waals surface area contributed by atoms with Crippen LogP contribution in [-0.2, 0) is 0 Å². The molecule has 0 aliphatic heterocycles. The molecule has 0 aromatic rings. The normalized spacial score (nSPS) is 12.1. The van der Waals surface area contributed by atoms with Crippen molar-refractivity contribution in [2.24, 2.45) is 11.8 Å². The molecule has 0 aliphatic rings. The minimum Gasteiger partial charge on any atom is -0.0885 e. The van der Waals surface area contributed by atoms with Crippen LogP contribution in [0.4, 0.5) is 0 Å². The first-order valence-corrected chi connectivity index (χ1v) is 7.28. The van der Waals surface area contributed by atoms with E-state index in [1.807, 2.05) is 0 Å². The van der Waals surface area contributed by atoms with Gasteiger partial charge >= 0.3 is 0 Å². The zero-order valence-electron chi connectivity index (χ0n) is 12.0. The summed E-state index contributed by atoms with van der Waals surface area (Å²) in [5.74, 6) is 1.70. The van der Waals surface area contributed by atoms with Gasteiger partial charge in [0.2, 0.25) is 0 Å². The van der Waals surface area contributed by atoms with E-state index < -0.39 is 0 Å². The summed E-state index contributed by atoms with van der Waals surface area (Å²) < 4.78 is 0. The van der Waals surface area contributed by atoms with Crippen molar-refractivity contribution in [1.29, 1.82) is 0 Å². The molecule has 0 aromatic carbocycles. The Morgan fingerprint density at radius 1 is 0.688 bits per heavy atom. The molecule has 0 unspecified atom stereocenters. The van der Waals surface area contributed by atoms with Crippen LogP contribution in [-0.4, -0.2) is 0 Å². The van der Waals surface area contributed by atoms with E-state index in [1.165, 1.54) is 51.4 Å². The van der Waals surface area contributed by atoms with Crippen molar-refractivity contribution in [3.8, 4) is 0 Å². The SMILES string of the molecule is CC(C)C/C=C\CCCCCCCC(C)C. The van der Waals surface area contributed by atoms with Crippen LogP contribution in [0.2, 0.25) is 0 Å². The number of hydrogen-bond donors (Lipinski definition) is 0. The largest absolute Gasteiger partial charge is 0.0885 e. The van der Waals surface area contributed by atoms with E-state index in [0.29, 0.717) is 0 Å². The van der Waals surface area contributed by atoms with Gasteiger partial charge in [-0.3, -0.25) is 0 Å². The lowest BCUT2D eigenvalue weighted by Crippen LogP contribution is -1.87. The average molecular weight is 224 g/mol. The van der Waals surface area contributed by atoms with Gasteiger partial charge in [0.15, 0.2) is 0 Å². The van der Waals surface area contributed by atoms with Gasteiger partial charge in [0.25, 0.3) is 0 Å². The maximum absolute atomic E-state index is 2.37. The lowest BCUT2D eigenvalue weighted by atomic mass is 10.0. The second kappa shape index (κ2) is 11.2. The van der Waals surface area contributed by atoms with Gasteiger partial charge in [-0.15, -0.1) is 0 Å². The first-order chi connectivity index (χ1) is 7.63. The third-order valence-corrected chi connectivity index (χ3v) is 2.93. The topological polar surface area (TPSA) is 0 Å².